The summed E-state index contributed by atoms with van der Waals surface area (Å²) in [6, 6.07) is 3.35. The third-order valence-electron chi connectivity index (χ3n) is 2.45. The van der Waals surface area contributed by atoms with E-state index in [-0.39, 0.29) is 24.3 Å². The van der Waals surface area contributed by atoms with E-state index < -0.39 is 17.6 Å². The quantitative estimate of drug-likeness (QED) is 0.735. The van der Waals surface area contributed by atoms with Gasteiger partial charge in [0.1, 0.15) is 5.75 Å². The van der Waals surface area contributed by atoms with Crippen molar-refractivity contribution in [2.75, 3.05) is 4.90 Å². The van der Waals surface area contributed by atoms with Crippen LogP contribution in [0.3, 0.4) is 0 Å². The molecule has 1 saturated heterocycles. The normalized spacial score (nSPS) is 16.7. The van der Waals surface area contributed by atoms with Gasteiger partial charge in [-0.3, -0.25) is 9.59 Å². The standard InChI is InChI=1S/C11H10FNO3/c12-8-6-7(14)4-5-9(8)13-10(15)2-1-3-11(13)16/h4-6,14H,1-3H2. The zero-order valence-electron chi connectivity index (χ0n) is 8.44. The Balaban J connectivity index is 2.42. The monoisotopic (exact) mass is 223 g/mol. The molecule has 1 aliphatic heterocycles. The lowest BCUT2D eigenvalue weighted by Crippen LogP contribution is -2.40. The molecule has 0 aliphatic carbocycles. The number of hydrogen-bond donors (Lipinski definition) is 1. The van der Waals surface area contributed by atoms with Gasteiger partial charge >= 0.3 is 0 Å². The van der Waals surface area contributed by atoms with Gasteiger partial charge in [-0.2, -0.15) is 0 Å². The first-order valence-electron chi connectivity index (χ1n) is 4.94. The minimum atomic E-state index is -0.774. The molecule has 5 heteroatoms. The van der Waals surface area contributed by atoms with E-state index in [9.17, 15) is 14.0 Å². The van der Waals surface area contributed by atoms with Gasteiger partial charge in [0.25, 0.3) is 0 Å². The summed E-state index contributed by atoms with van der Waals surface area (Å²) in [4.78, 5) is 23.9. The molecule has 84 valence electrons. The number of piperidine rings is 1. The van der Waals surface area contributed by atoms with Crippen molar-refractivity contribution >= 4 is 17.5 Å². The Kier molecular flexibility index (Phi) is 2.60. The lowest BCUT2D eigenvalue weighted by molar-refractivity contribution is -0.129. The summed E-state index contributed by atoms with van der Waals surface area (Å²) in [6.45, 7) is 0. The molecule has 0 atom stereocenters. The van der Waals surface area contributed by atoms with Gasteiger partial charge in [-0.15, -0.1) is 0 Å². The zero-order valence-corrected chi connectivity index (χ0v) is 8.44. The predicted molar refractivity (Wildman–Crippen MR) is 54.4 cm³/mol. The van der Waals surface area contributed by atoms with Gasteiger partial charge in [0.05, 0.1) is 5.69 Å². The number of aromatic hydroxyl groups is 1. The second-order valence-corrected chi connectivity index (χ2v) is 3.61. The summed E-state index contributed by atoms with van der Waals surface area (Å²) in [5.41, 5.74) is -0.0903. The molecule has 0 bridgehead atoms. The molecule has 1 aromatic rings. The maximum atomic E-state index is 13.5. The Morgan fingerprint density at radius 2 is 1.81 bits per heavy atom. The van der Waals surface area contributed by atoms with Crippen LogP contribution in [0.4, 0.5) is 10.1 Å². The van der Waals surface area contributed by atoms with Crippen molar-refractivity contribution in [1.29, 1.82) is 0 Å². The van der Waals surface area contributed by atoms with Crippen LogP contribution in [0, 0.1) is 5.82 Å². The number of rotatable bonds is 1. The van der Waals surface area contributed by atoms with Crippen LogP contribution in [0.2, 0.25) is 0 Å². The third kappa shape index (κ3) is 1.76. The first kappa shape index (κ1) is 10.6. The van der Waals surface area contributed by atoms with Crippen LogP contribution in [-0.2, 0) is 9.59 Å². The molecule has 4 nitrogen and oxygen atoms in total. The van der Waals surface area contributed by atoms with Gasteiger partial charge in [-0.25, -0.2) is 9.29 Å². The molecule has 1 fully saturated rings. The Hall–Kier alpha value is -1.91. The fraction of sp³-hybridized carbons (Fsp3) is 0.273. The maximum absolute atomic E-state index is 13.5. The van der Waals surface area contributed by atoms with Gasteiger partial charge in [-0.05, 0) is 18.6 Å². The number of phenolic OH excluding ortho intramolecular Hbond substituents is 1. The van der Waals surface area contributed by atoms with Crippen molar-refractivity contribution in [1.82, 2.24) is 0 Å². The van der Waals surface area contributed by atoms with Gasteiger partial charge in [0.15, 0.2) is 5.82 Å². The third-order valence-corrected chi connectivity index (χ3v) is 2.45. The number of carbonyl (C=O) groups is 2. The maximum Gasteiger partial charge on any atom is 0.233 e. The van der Waals surface area contributed by atoms with Crippen molar-refractivity contribution in [3.8, 4) is 5.75 Å². The second kappa shape index (κ2) is 3.92. The van der Waals surface area contributed by atoms with Crippen LogP contribution in [0.25, 0.3) is 0 Å². The minimum Gasteiger partial charge on any atom is -0.508 e. The molecule has 0 radical (unpaired) electrons. The van der Waals surface area contributed by atoms with Crippen molar-refractivity contribution < 1.29 is 19.1 Å². The molecule has 0 saturated carbocycles. The lowest BCUT2D eigenvalue weighted by atomic mass is 10.1. The molecule has 1 aliphatic rings. The van der Waals surface area contributed by atoms with Crippen LogP contribution >= 0.6 is 0 Å². The number of anilines is 1. The summed E-state index contributed by atoms with van der Waals surface area (Å²) in [7, 11) is 0. The second-order valence-electron chi connectivity index (χ2n) is 3.61. The lowest BCUT2D eigenvalue weighted by Gasteiger charge is -2.25. The summed E-state index contributed by atoms with van der Waals surface area (Å²) in [5, 5.41) is 9.04. The average molecular weight is 223 g/mol. The molecule has 1 heterocycles. The number of hydrogen-bond acceptors (Lipinski definition) is 3. The molecule has 0 spiro atoms. The molecule has 2 amide bonds. The topological polar surface area (TPSA) is 57.6 Å². The van der Waals surface area contributed by atoms with Crippen LogP contribution in [0.15, 0.2) is 18.2 Å². The van der Waals surface area contributed by atoms with E-state index in [1.54, 1.807) is 0 Å². The Morgan fingerprint density at radius 1 is 1.19 bits per heavy atom. The van der Waals surface area contributed by atoms with E-state index in [2.05, 4.69) is 0 Å². The first-order chi connectivity index (χ1) is 7.59. The highest BCUT2D eigenvalue weighted by molar-refractivity contribution is 6.16. The highest BCUT2D eigenvalue weighted by Gasteiger charge is 2.29. The van der Waals surface area contributed by atoms with E-state index in [1.807, 2.05) is 0 Å². The van der Waals surface area contributed by atoms with E-state index in [1.165, 1.54) is 12.1 Å². The number of nitrogens with zero attached hydrogens (tertiary/aromatic N) is 1. The minimum absolute atomic E-state index is 0.0903. The molecule has 2 rings (SSSR count). The zero-order chi connectivity index (χ0) is 11.7. The van der Waals surface area contributed by atoms with Gasteiger partial charge in [0, 0.05) is 18.9 Å². The fourth-order valence-corrected chi connectivity index (χ4v) is 1.70. The van der Waals surface area contributed by atoms with Gasteiger partial charge < -0.3 is 5.11 Å². The summed E-state index contributed by atoms with van der Waals surface area (Å²) in [5.74, 6) is -1.82. The van der Waals surface area contributed by atoms with Crippen LogP contribution < -0.4 is 4.90 Å². The van der Waals surface area contributed by atoms with Crippen LogP contribution in [0.1, 0.15) is 19.3 Å². The highest BCUT2D eigenvalue weighted by atomic mass is 19.1. The van der Waals surface area contributed by atoms with Crippen molar-refractivity contribution in [2.24, 2.45) is 0 Å². The number of halogens is 1. The fourth-order valence-electron chi connectivity index (χ4n) is 1.70. The largest absolute Gasteiger partial charge is 0.508 e. The summed E-state index contributed by atoms with van der Waals surface area (Å²) in [6.07, 6.45) is 0.992. The number of phenols is 1. The van der Waals surface area contributed by atoms with Gasteiger partial charge in [0.2, 0.25) is 11.8 Å². The van der Waals surface area contributed by atoms with Crippen LogP contribution in [0.5, 0.6) is 5.75 Å². The van der Waals surface area contributed by atoms with Crippen LogP contribution in [-0.4, -0.2) is 16.9 Å². The average Bonchev–Trinajstić information content (AvgIpc) is 2.20. The van der Waals surface area contributed by atoms with E-state index in [4.69, 9.17) is 5.11 Å². The SMILES string of the molecule is O=C1CCCC(=O)N1c1ccc(O)cc1F. The first-order valence-corrected chi connectivity index (χ1v) is 4.94. The summed E-state index contributed by atoms with van der Waals surface area (Å²) < 4.78 is 13.5. The smallest absolute Gasteiger partial charge is 0.233 e. The molecular formula is C11H10FNO3. The van der Waals surface area contributed by atoms with Gasteiger partial charge in [-0.1, -0.05) is 0 Å². The molecule has 1 N–H and O–H groups in total. The molecular weight excluding hydrogens is 213 g/mol. The molecule has 1 aromatic carbocycles. The molecule has 0 aromatic heterocycles. The van der Waals surface area contributed by atoms with E-state index >= 15 is 0 Å². The Morgan fingerprint density at radius 3 is 2.38 bits per heavy atom. The van der Waals surface area contributed by atoms with Crippen molar-refractivity contribution in [3.05, 3.63) is 24.0 Å². The molecule has 16 heavy (non-hydrogen) atoms. The van der Waals surface area contributed by atoms with Crippen molar-refractivity contribution in [3.63, 3.8) is 0 Å². The van der Waals surface area contributed by atoms with E-state index in [0.29, 0.717) is 6.42 Å². The number of benzene rings is 1. The summed E-state index contributed by atoms with van der Waals surface area (Å²) >= 11 is 0. The number of carbonyl (C=O) groups excluding carboxylic acids is 2. The Labute approximate surface area is 91.3 Å². The number of amides is 2. The van der Waals surface area contributed by atoms with E-state index in [0.717, 1.165) is 11.0 Å². The predicted octanol–water partition coefficient (Wildman–Crippen LogP) is 1.57. The van der Waals surface area contributed by atoms with Crippen molar-refractivity contribution in [2.45, 2.75) is 19.3 Å². The number of imide groups is 1. The molecule has 0 unspecified atom stereocenters. The highest BCUT2D eigenvalue weighted by Crippen LogP contribution is 2.27. The Bertz CT molecular complexity index is 443.